The van der Waals surface area contributed by atoms with Crippen molar-refractivity contribution in [3.05, 3.63) is 34.9 Å². The minimum atomic E-state index is -1.35. The lowest BCUT2D eigenvalue weighted by molar-refractivity contribution is -0.131. The van der Waals surface area contributed by atoms with Crippen molar-refractivity contribution in [1.29, 1.82) is 0 Å². The van der Waals surface area contributed by atoms with Gasteiger partial charge in [0.1, 0.15) is 5.60 Å². The molecule has 0 bridgehead atoms. The second kappa shape index (κ2) is 6.33. The SMILES string of the molecule is C#CCC1=C(C)[C@](O)(C=CC(C)=CC(=O)O)C(C)(C)CC1=O. The van der Waals surface area contributed by atoms with Crippen molar-refractivity contribution in [1.82, 2.24) is 0 Å². The van der Waals surface area contributed by atoms with E-state index in [4.69, 9.17) is 11.5 Å². The molecule has 22 heavy (non-hydrogen) atoms. The number of hydrogen-bond acceptors (Lipinski definition) is 3. The van der Waals surface area contributed by atoms with E-state index in [0.29, 0.717) is 16.7 Å². The lowest BCUT2D eigenvalue weighted by Crippen LogP contribution is -2.49. The lowest BCUT2D eigenvalue weighted by Gasteiger charge is -2.45. The van der Waals surface area contributed by atoms with E-state index >= 15 is 0 Å². The van der Waals surface area contributed by atoms with Crippen LogP contribution >= 0.6 is 0 Å². The molecule has 4 nitrogen and oxygen atoms in total. The van der Waals surface area contributed by atoms with Gasteiger partial charge in [-0.15, -0.1) is 12.3 Å². The smallest absolute Gasteiger partial charge is 0.328 e. The summed E-state index contributed by atoms with van der Waals surface area (Å²) >= 11 is 0. The average molecular weight is 302 g/mol. The number of hydrogen-bond donors (Lipinski definition) is 2. The maximum Gasteiger partial charge on any atom is 0.328 e. The third-order valence-electron chi connectivity index (χ3n) is 4.21. The highest BCUT2D eigenvalue weighted by Crippen LogP contribution is 2.47. The van der Waals surface area contributed by atoms with Crippen LogP contribution in [-0.4, -0.2) is 27.6 Å². The molecule has 1 rings (SSSR count). The van der Waals surface area contributed by atoms with Crippen molar-refractivity contribution in [2.45, 2.75) is 46.1 Å². The molecule has 0 aromatic carbocycles. The van der Waals surface area contributed by atoms with E-state index in [1.165, 1.54) is 0 Å². The summed E-state index contributed by atoms with van der Waals surface area (Å²) < 4.78 is 0. The Kier molecular flexibility index (Phi) is 5.16. The molecule has 4 heteroatoms. The van der Waals surface area contributed by atoms with Crippen LogP contribution < -0.4 is 0 Å². The molecule has 0 aromatic heterocycles. The summed E-state index contributed by atoms with van der Waals surface area (Å²) in [6, 6.07) is 0. The fraction of sp³-hybridized carbons (Fsp3) is 0.444. The van der Waals surface area contributed by atoms with Gasteiger partial charge >= 0.3 is 5.97 Å². The molecule has 0 radical (unpaired) electrons. The van der Waals surface area contributed by atoms with Gasteiger partial charge < -0.3 is 10.2 Å². The van der Waals surface area contributed by atoms with Crippen LogP contribution in [0.25, 0.3) is 0 Å². The monoisotopic (exact) mass is 302 g/mol. The number of aliphatic hydroxyl groups is 1. The Labute approximate surface area is 131 Å². The largest absolute Gasteiger partial charge is 0.478 e. The van der Waals surface area contributed by atoms with Gasteiger partial charge in [0.25, 0.3) is 0 Å². The topological polar surface area (TPSA) is 74.6 Å². The molecule has 1 atom stereocenters. The molecule has 0 heterocycles. The number of rotatable bonds is 4. The molecule has 0 aromatic rings. The van der Waals surface area contributed by atoms with Gasteiger partial charge in [-0.3, -0.25) is 4.79 Å². The highest BCUT2D eigenvalue weighted by atomic mass is 16.4. The van der Waals surface area contributed by atoms with Crippen molar-refractivity contribution in [3.63, 3.8) is 0 Å². The maximum absolute atomic E-state index is 12.2. The second-order valence-electron chi connectivity index (χ2n) is 6.29. The van der Waals surface area contributed by atoms with Crippen molar-refractivity contribution in [2.24, 2.45) is 5.41 Å². The minimum absolute atomic E-state index is 0.0451. The van der Waals surface area contributed by atoms with Crippen LogP contribution in [0.4, 0.5) is 0 Å². The molecular formula is C18H22O4. The second-order valence-corrected chi connectivity index (χ2v) is 6.29. The molecule has 118 valence electrons. The molecule has 0 saturated carbocycles. The van der Waals surface area contributed by atoms with E-state index in [1.807, 2.05) is 13.8 Å². The zero-order valence-electron chi connectivity index (χ0n) is 13.4. The maximum atomic E-state index is 12.2. The predicted molar refractivity (Wildman–Crippen MR) is 85.0 cm³/mol. The number of carbonyl (C=O) groups is 2. The molecule has 0 saturated heterocycles. The van der Waals surface area contributed by atoms with Crippen molar-refractivity contribution < 1.29 is 19.8 Å². The van der Waals surface area contributed by atoms with E-state index in [2.05, 4.69) is 5.92 Å². The van der Waals surface area contributed by atoms with E-state index in [9.17, 15) is 14.7 Å². The number of carbonyl (C=O) groups excluding carboxylic acids is 1. The summed E-state index contributed by atoms with van der Waals surface area (Å²) in [4.78, 5) is 22.9. The van der Waals surface area contributed by atoms with Crippen molar-refractivity contribution in [2.75, 3.05) is 0 Å². The quantitative estimate of drug-likeness (QED) is 0.475. The van der Waals surface area contributed by atoms with Gasteiger partial charge in [0.15, 0.2) is 5.78 Å². The number of carboxylic acid groups (broad SMARTS) is 1. The summed E-state index contributed by atoms with van der Waals surface area (Å²) in [5.41, 5.74) is -0.549. The Morgan fingerprint density at radius 3 is 2.55 bits per heavy atom. The normalized spacial score (nSPS) is 25.5. The average Bonchev–Trinajstić information content (AvgIpc) is 2.38. The molecule has 0 fully saturated rings. The van der Waals surface area contributed by atoms with E-state index in [0.717, 1.165) is 6.08 Å². The van der Waals surface area contributed by atoms with Crippen LogP contribution in [-0.2, 0) is 9.59 Å². The molecule has 0 spiro atoms. The first-order valence-electron chi connectivity index (χ1n) is 7.05. The van der Waals surface area contributed by atoms with Gasteiger partial charge in [-0.2, -0.15) is 0 Å². The molecule has 0 unspecified atom stereocenters. The van der Waals surface area contributed by atoms with Gasteiger partial charge in [-0.25, -0.2) is 4.79 Å². The van der Waals surface area contributed by atoms with E-state index in [-0.39, 0.29) is 18.6 Å². The predicted octanol–water partition coefficient (Wildman–Crippen LogP) is 2.64. The number of aliphatic carboxylic acids is 1. The third kappa shape index (κ3) is 3.37. The number of Topliss-reactive ketones (excluding diaryl/α,β-unsaturated/α-hetero) is 1. The summed E-state index contributed by atoms with van der Waals surface area (Å²) in [6.45, 7) is 6.95. The van der Waals surface area contributed by atoms with Gasteiger partial charge in [-0.1, -0.05) is 19.9 Å². The first kappa shape index (κ1) is 17.9. The zero-order chi connectivity index (χ0) is 17.1. The number of ketones is 1. The van der Waals surface area contributed by atoms with Gasteiger partial charge in [-0.05, 0) is 31.1 Å². The number of allylic oxidation sites excluding steroid dienone is 3. The van der Waals surface area contributed by atoms with Crippen LogP contribution in [0, 0.1) is 17.8 Å². The Bertz CT molecular complexity index is 626. The minimum Gasteiger partial charge on any atom is -0.478 e. The van der Waals surface area contributed by atoms with Gasteiger partial charge in [0, 0.05) is 29.9 Å². The molecule has 0 aliphatic heterocycles. The third-order valence-corrected chi connectivity index (χ3v) is 4.21. The van der Waals surface area contributed by atoms with Crippen LogP contribution in [0.5, 0.6) is 0 Å². The highest BCUT2D eigenvalue weighted by molar-refractivity contribution is 5.98. The first-order chi connectivity index (χ1) is 10.0. The van der Waals surface area contributed by atoms with Crippen LogP contribution in [0.3, 0.4) is 0 Å². The molecule has 0 amide bonds. The number of terminal acetylenes is 1. The Morgan fingerprint density at radius 1 is 1.45 bits per heavy atom. The summed E-state index contributed by atoms with van der Waals surface area (Å²) in [6.07, 6.45) is 9.84. The fourth-order valence-electron chi connectivity index (χ4n) is 2.77. The van der Waals surface area contributed by atoms with Crippen LogP contribution in [0.1, 0.15) is 40.5 Å². The molecule has 2 N–H and O–H groups in total. The summed E-state index contributed by atoms with van der Waals surface area (Å²) in [5.74, 6) is 1.36. The number of carboxylic acids is 1. The van der Waals surface area contributed by atoms with E-state index < -0.39 is 17.0 Å². The van der Waals surface area contributed by atoms with Crippen LogP contribution in [0.2, 0.25) is 0 Å². The Morgan fingerprint density at radius 2 is 2.05 bits per heavy atom. The fourth-order valence-corrected chi connectivity index (χ4v) is 2.77. The Hall–Kier alpha value is -2.12. The van der Waals surface area contributed by atoms with Crippen molar-refractivity contribution in [3.8, 4) is 12.3 Å². The van der Waals surface area contributed by atoms with Crippen LogP contribution in [0.15, 0.2) is 34.9 Å². The van der Waals surface area contributed by atoms with E-state index in [1.54, 1.807) is 26.0 Å². The summed E-state index contributed by atoms with van der Waals surface area (Å²) in [7, 11) is 0. The molecule has 1 aliphatic carbocycles. The zero-order valence-corrected chi connectivity index (χ0v) is 13.4. The first-order valence-corrected chi connectivity index (χ1v) is 7.05. The van der Waals surface area contributed by atoms with Gasteiger partial charge in [0.2, 0.25) is 0 Å². The lowest BCUT2D eigenvalue weighted by atomic mass is 9.62. The highest BCUT2D eigenvalue weighted by Gasteiger charge is 2.49. The Balaban J connectivity index is 3.38. The van der Waals surface area contributed by atoms with Gasteiger partial charge in [0.05, 0.1) is 0 Å². The molecular weight excluding hydrogens is 280 g/mol. The van der Waals surface area contributed by atoms with Crippen molar-refractivity contribution >= 4 is 11.8 Å². The summed E-state index contributed by atoms with van der Waals surface area (Å²) in [5, 5.41) is 19.9. The standard InChI is InChI=1S/C18H22O4/c1-6-7-14-13(3)18(22,17(4,5)11-15(14)19)9-8-12(2)10-16(20)21/h1,8-10,22H,7,11H2,2-5H3,(H,20,21)/t18-/m1/s1. The molecule has 1 aliphatic rings.